The summed E-state index contributed by atoms with van der Waals surface area (Å²) in [6.45, 7) is 0. The second kappa shape index (κ2) is 2.75. The van der Waals surface area contributed by atoms with E-state index in [1.54, 1.807) is 0 Å². The summed E-state index contributed by atoms with van der Waals surface area (Å²) in [5, 5.41) is 8.92. The number of hydrogen-bond acceptors (Lipinski definition) is 3. The Labute approximate surface area is 88.6 Å². The van der Waals surface area contributed by atoms with Crippen LogP contribution in [0.25, 0.3) is 0 Å². The van der Waals surface area contributed by atoms with Gasteiger partial charge in [0.15, 0.2) is 9.84 Å². The number of carboxylic acids is 1. The molecule has 4 unspecified atom stereocenters. The summed E-state index contributed by atoms with van der Waals surface area (Å²) in [5.41, 5.74) is 0. The van der Waals surface area contributed by atoms with E-state index < -0.39 is 15.8 Å². The van der Waals surface area contributed by atoms with Crippen molar-refractivity contribution in [1.29, 1.82) is 0 Å². The highest BCUT2D eigenvalue weighted by Crippen LogP contribution is 2.60. The van der Waals surface area contributed by atoms with Crippen LogP contribution in [-0.4, -0.2) is 31.0 Å². The Hall–Kier alpha value is -0.580. The minimum Gasteiger partial charge on any atom is -0.481 e. The number of sulfone groups is 1. The fourth-order valence-corrected chi connectivity index (χ4v) is 6.23. The monoisotopic (exact) mass is 230 g/mol. The van der Waals surface area contributed by atoms with Crippen LogP contribution in [0.5, 0.6) is 0 Å². The zero-order valence-corrected chi connectivity index (χ0v) is 9.11. The van der Waals surface area contributed by atoms with Crippen molar-refractivity contribution in [3.63, 3.8) is 0 Å². The minimum atomic E-state index is -2.81. The lowest BCUT2D eigenvalue weighted by atomic mass is 9.60. The summed E-state index contributed by atoms with van der Waals surface area (Å²) < 4.78 is 22.8. The fourth-order valence-electron chi connectivity index (χ4n) is 3.93. The van der Waals surface area contributed by atoms with Crippen molar-refractivity contribution in [2.75, 3.05) is 11.5 Å². The number of carboxylic acid groups (broad SMARTS) is 1. The van der Waals surface area contributed by atoms with Gasteiger partial charge in [-0.05, 0) is 36.5 Å². The Bertz CT molecular complexity index is 387. The van der Waals surface area contributed by atoms with Crippen molar-refractivity contribution in [1.82, 2.24) is 0 Å². The molecule has 2 aliphatic carbocycles. The van der Waals surface area contributed by atoms with Crippen molar-refractivity contribution in [2.24, 2.45) is 29.6 Å². The first kappa shape index (κ1) is 9.63. The van der Waals surface area contributed by atoms with Crippen LogP contribution in [0.1, 0.15) is 12.8 Å². The normalized spacial score (nSPS) is 50.5. The first-order chi connectivity index (χ1) is 6.98. The topological polar surface area (TPSA) is 71.4 Å². The zero-order valence-electron chi connectivity index (χ0n) is 8.30. The van der Waals surface area contributed by atoms with Crippen LogP contribution in [-0.2, 0) is 14.6 Å². The van der Waals surface area contributed by atoms with E-state index in [-0.39, 0.29) is 17.8 Å². The molecule has 0 amide bonds. The van der Waals surface area contributed by atoms with E-state index in [4.69, 9.17) is 5.11 Å². The molecule has 3 aliphatic rings. The average molecular weight is 230 g/mol. The molecule has 2 saturated carbocycles. The molecule has 3 fully saturated rings. The molecule has 1 aliphatic heterocycles. The van der Waals surface area contributed by atoms with Gasteiger partial charge < -0.3 is 5.11 Å². The lowest BCUT2D eigenvalue weighted by molar-refractivity contribution is -0.141. The van der Waals surface area contributed by atoms with Crippen LogP contribution in [0.3, 0.4) is 0 Å². The van der Waals surface area contributed by atoms with Gasteiger partial charge in [0.25, 0.3) is 0 Å². The maximum absolute atomic E-state index is 11.4. The summed E-state index contributed by atoms with van der Waals surface area (Å²) in [6.07, 6.45) is 1.41. The number of rotatable bonds is 1. The van der Waals surface area contributed by atoms with Crippen molar-refractivity contribution < 1.29 is 18.3 Å². The molecule has 4 atom stereocenters. The van der Waals surface area contributed by atoms with Crippen LogP contribution in [0.2, 0.25) is 0 Å². The van der Waals surface area contributed by atoms with Crippen LogP contribution in [0, 0.1) is 29.6 Å². The predicted octanol–water partition coefficient (Wildman–Crippen LogP) is 0.388. The third-order valence-corrected chi connectivity index (χ3v) is 6.34. The molecule has 0 bridgehead atoms. The lowest BCUT2D eigenvalue weighted by Crippen LogP contribution is -2.42. The van der Waals surface area contributed by atoms with E-state index in [1.165, 1.54) is 0 Å². The Kier molecular flexibility index (Phi) is 1.77. The molecule has 0 aromatic heterocycles. The fraction of sp³-hybridized carbons (Fsp3) is 0.900. The summed E-state index contributed by atoms with van der Waals surface area (Å²) in [5.74, 6) is 1.03. The first-order valence-corrected chi connectivity index (χ1v) is 7.23. The highest BCUT2D eigenvalue weighted by molar-refractivity contribution is 7.91. The Morgan fingerprint density at radius 3 is 1.87 bits per heavy atom. The van der Waals surface area contributed by atoms with Crippen molar-refractivity contribution in [3.05, 3.63) is 0 Å². The van der Waals surface area contributed by atoms with Gasteiger partial charge in [0, 0.05) is 0 Å². The van der Waals surface area contributed by atoms with Gasteiger partial charge in [-0.3, -0.25) is 4.79 Å². The quantitative estimate of drug-likeness (QED) is 0.707. The van der Waals surface area contributed by atoms with E-state index in [2.05, 4.69) is 0 Å². The van der Waals surface area contributed by atoms with Crippen molar-refractivity contribution in [3.8, 4) is 0 Å². The van der Waals surface area contributed by atoms with Gasteiger partial charge in [-0.1, -0.05) is 0 Å². The molecule has 84 valence electrons. The van der Waals surface area contributed by atoms with E-state index in [9.17, 15) is 13.2 Å². The van der Waals surface area contributed by atoms with Gasteiger partial charge >= 0.3 is 5.97 Å². The Balaban J connectivity index is 1.78. The molecular formula is C10H14O4S. The van der Waals surface area contributed by atoms with Crippen LogP contribution >= 0.6 is 0 Å². The van der Waals surface area contributed by atoms with Crippen LogP contribution in [0.15, 0.2) is 0 Å². The van der Waals surface area contributed by atoms with E-state index in [0.717, 1.165) is 0 Å². The highest BCUT2D eigenvalue weighted by atomic mass is 32.2. The third-order valence-electron chi connectivity index (χ3n) is 4.56. The molecule has 5 heteroatoms. The molecule has 15 heavy (non-hydrogen) atoms. The first-order valence-electron chi connectivity index (χ1n) is 5.41. The SMILES string of the molecule is O=C(O)C1CC2C(C1)C1CS(=O)(=O)CC21. The van der Waals surface area contributed by atoms with Gasteiger partial charge in [0.05, 0.1) is 17.4 Å². The maximum Gasteiger partial charge on any atom is 0.306 e. The minimum absolute atomic E-state index is 0.215. The molecule has 4 nitrogen and oxygen atoms in total. The number of carbonyl (C=O) groups is 1. The van der Waals surface area contributed by atoms with Gasteiger partial charge in [-0.15, -0.1) is 0 Å². The smallest absolute Gasteiger partial charge is 0.306 e. The largest absolute Gasteiger partial charge is 0.481 e. The van der Waals surface area contributed by atoms with Gasteiger partial charge in [-0.25, -0.2) is 8.42 Å². The van der Waals surface area contributed by atoms with E-state index in [0.29, 0.717) is 36.2 Å². The van der Waals surface area contributed by atoms with Crippen molar-refractivity contribution in [2.45, 2.75) is 12.8 Å². The van der Waals surface area contributed by atoms with Gasteiger partial charge in [0.1, 0.15) is 0 Å². The molecule has 0 aromatic carbocycles. The molecule has 1 heterocycles. The average Bonchev–Trinajstić information content (AvgIpc) is 2.62. The summed E-state index contributed by atoms with van der Waals surface area (Å²) in [7, 11) is -2.81. The molecular weight excluding hydrogens is 216 g/mol. The Morgan fingerprint density at radius 2 is 1.47 bits per heavy atom. The van der Waals surface area contributed by atoms with Gasteiger partial charge in [-0.2, -0.15) is 0 Å². The standard InChI is InChI=1S/C10H14O4S/c11-10(12)5-1-6-7(2-5)9-4-15(13,14)3-8(6)9/h5-9H,1-4H2,(H,11,12). The molecule has 1 saturated heterocycles. The summed E-state index contributed by atoms with van der Waals surface area (Å²) in [6, 6.07) is 0. The second-order valence-electron chi connectivity index (χ2n) is 5.24. The number of aliphatic carboxylic acids is 1. The molecule has 0 spiro atoms. The van der Waals surface area contributed by atoms with Gasteiger partial charge in [0.2, 0.25) is 0 Å². The summed E-state index contributed by atoms with van der Waals surface area (Å²) >= 11 is 0. The van der Waals surface area contributed by atoms with Crippen LogP contribution < -0.4 is 0 Å². The highest BCUT2D eigenvalue weighted by Gasteiger charge is 2.60. The van der Waals surface area contributed by atoms with Crippen LogP contribution in [0.4, 0.5) is 0 Å². The molecule has 1 N–H and O–H groups in total. The second-order valence-corrected chi connectivity index (χ2v) is 7.39. The summed E-state index contributed by atoms with van der Waals surface area (Å²) in [4.78, 5) is 10.8. The molecule has 0 aromatic rings. The Morgan fingerprint density at radius 1 is 1.00 bits per heavy atom. The zero-order chi connectivity index (χ0) is 10.8. The lowest BCUT2D eigenvalue weighted by Gasteiger charge is -2.43. The molecule has 3 rings (SSSR count). The molecule has 0 radical (unpaired) electrons. The maximum atomic E-state index is 11.4. The third kappa shape index (κ3) is 1.25. The predicted molar refractivity (Wildman–Crippen MR) is 53.0 cm³/mol. The number of hydrogen-bond donors (Lipinski definition) is 1. The van der Waals surface area contributed by atoms with Crippen molar-refractivity contribution >= 4 is 15.8 Å². The number of fused-ring (bicyclic) bond motifs is 4. The van der Waals surface area contributed by atoms with E-state index in [1.807, 2.05) is 0 Å². The van der Waals surface area contributed by atoms with E-state index >= 15 is 0 Å².